The third-order valence-electron chi connectivity index (χ3n) is 3.54. The SMILES string of the molecule is Cc1cc(Cl)c(NC(=O)C2(C#N)CC(C)C2)cc1Cl. The third kappa shape index (κ3) is 2.56. The van der Waals surface area contributed by atoms with Crippen molar-refractivity contribution in [3.63, 3.8) is 0 Å². The van der Waals surface area contributed by atoms with Gasteiger partial charge in [0.05, 0.1) is 16.8 Å². The van der Waals surface area contributed by atoms with Crippen LogP contribution in [0.4, 0.5) is 5.69 Å². The second kappa shape index (κ2) is 5.03. The van der Waals surface area contributed by atoms with Crippen LogP contribution in [0.5, 0.6) is 0 Å². The molecule has 0 saturated heterocycles. The maximum atomic E-state index is 12.2. The van der Waals surface area contributed by atoms with Crippen molar-refractivity contribution in [2.45, 2.75) is 26.7 Å². The number of anilines is 1. The van der Waals surface area contributed by atoms with Gasteiger partial charge in [0.25, 0.3) is 0 Å². The highest BCUT2D eigenvalue weighted by Gasteiger charge is 2.49. The normalized spacial score (nSPS) is 25.3. The quantitative estimate of drug-likeness (QED) is 0.890. The van der Waals surface area contributed by atoms with Gasteiger partial charge in [-0.05, 0) is 43.4 Å². The van der Waals surface area contributed by atoms with Crippen LogP contribution in [0.1, 0.15) is 25.3 Å². The van der Waals surface area contributed by atoms with Crippen molar-refractivity contribution < 1.29 is 4.79 Å². The molecule has 0 aromatic heterocycles. The first-order valence-electron chi connectivity index (χ1n) is 6.06. The van der Waals surface area contributed by atoms with E-state index in [0.29, 0.717) is 34.5 Å². The number of nitrogens with zero attached hydrogens (tertiary/aromatic N) is 1. The highest BCUT2D eigenvalue weighted by atomic mass is 35.5. The van der Waals surface area contributed by atoms with Crippen molar-refractivity contribution in [1.82, 2.24) is 0 Å². The van der Waals surface area contributed by atoms with Gasteiger partial charge in [-0.2, -0.15) is 5.26 Å². The second-order valence-corrected chi connectivity index (χ2v) is 6.06. The van der Waals surface area contributed by atoms with Crippen LogP contribution in [-0.2, 0) is 4.79 Å². The lowest BCUT2D eigenvalue weighted by atomic mass is 9.63. The van der Waals surface area contributed by atoms with Crippen molar-refractivity contribution in [2.24, 2.45) is 11.3 Å². The van der Waals surface area contributed by atoms with Crippen molar-refractivity contribution in [3.05, 3.63) is 27.7 Å². The van der Waals surface area contributed by atoms with Crippen LogP contribution in [0.25, 0.3) is 0 Å². The average molecular weight is 297 g/mol. The lowest BCUT2D eigenvalue weighted by Crippen LogP contribution is -2.45. The molecule has 0 heterocycles. The Balaban J connectivity index is 2.20. The van der Waals surface area contributed by atoms with Gasteiger partial charge < -0.3 is 5.32 Å². The Morgan fingerprint density at radius 2 is 2.05 bits per heavy atom. The summed E-state index contributed by atoms with van der Waals surface area (Å²) in [6, 6.07) is 5.43. The summed E-state index contributed by atoms with van der Waals surface area (Å²) in [7, 11) is 0. The topological polar surface area (TPSA) is 52.9 Å². The molecule has 1 aromatic carbocycles. The van der Waals surface area contributed by atoms with Crippen LogP contribution in [-0.4, -0.2) is 5.91 Å². The van der Waals surface area contributed by atoms with E-state index in [2.05, 4.69) is 11.4 Å². The number of amides is 1. The van der Waals surface area contributed by atoms with Gasteiger partial charge in [0.2, 0.25) is 5.91 Å². The molecule has 0 bridgehead atoms. The molecule has 2 rings (SSSR count). The molecular weight excluding hydrogens is 283 g/mol. The minimum Gasteiger partial charge on any atom is -0.323 e. The van der Waals surface area contributed by atoms with Crippen molar-refractivity contribution in [3.8, 4) is 6.07 Å². The van der Waals surface area contributed by atoms with E-state index in [0.717, 1.165) is 5.56 Å². The molecule has 5 heteroatoms. The summed E-state index contributed by atoms with van der Waals surface area (Å²) in [5, 5.41) is 12.9. The zero-order valence-corrected chi connectivity index (χ0v) is 12.3. The maximum Gasteiger partial charge on any atom is 0.244 e. The molecule has 1 aliphatic carbocycles. The number of nitriles is 1. The molecule has 0 radical (unpaired) electrons. The van der Waals surface area contributed by atoms with E-state index in [4.69, 9.17) is 23.2 Å². The molecule has 1 aliphatic rings. The first-order chi connectivity index (χ1) is 8.88. The number of halogens is 2. The molecule has 1 N–H and O–H groups in total. The number of aryl methyl sites for hydroxylation is 1. The van der Waals surface area contributed by atoms with Crippen LogP contribution in [0.3, 0.4) is 0 Å². The zero-order chi connectivity index (χ0) is 14.2. The lowest BCUT2D eigenvalue weighted by Gasteiger charge is -2.39. The van der Waals surface area contributed by atoms with E-state index in [1.165, 1.54) is 0 Å². The smallest absolute Gasteiger partial charge is 0.244 e. The van der Waals surface area contributed by atoms with Crippen LogP contribution < -0.4 is 5.32 Å². The van der Waals surface area contributed by atoms with Crippen LogP contribution in [0.15, 0.2) is 12.1 Å². The molecule has 3 nitrogen and oxygen atoms in total. The van der Waals surface area contributed by atoms with E-state index < -0.39 is 5.41 Å². The Labute approximate surface area is 122 Å². The zero-order valence-electron chi connectivity index (χ0n) is 10.8. The van der Waals surface area contributed by atoms with Gasteiger partial charge in [-0.3, -0.25) is 4.79 Å². The Bertz CT molecular complexity index is 572. The molecule has 0 atom stereocenters. The molecular formula is C14H14Cl2N2O. The number of carbonyl (C=O) groups excluding carboxylic acids is 1. The highest BCUT2D eigenvalue weighted by Crippen LogP contribution is 2.46. The molecule has 100 valence electrons. The van der Waals surface area contributed by atoms with Crippen molar-refractivity contribution >= 4 is 34.8 Å². The van der Waals surface area contributed by atoms with Gasteiger partial charge in [-0.1, -0.05) is 30.1 Å². The average Bonchev–Trinajstić information content (AvgIpc) is 2.31. The van der Waals surface area contributed by atoms with Gasteiger partial charge in [-0.25, -0.2) is 0 Å². The summed E-state index contributed by atoms with van der Waals surface area (Å²) >= 11 is 12.1. The maximum absolute atomic E-state index is 12.2. The molecule has 1 amide bonds. The molecule has 0 aliphatic heterocycles. The largest absolute Gasteiger partial charge is 0.323 e. The van der Waals surface area contributed by atoms with E-state index in [1.807, 2.05) is 13.8 Å². The van der Waals surface area contributed by atoms with Gasteiger partial charge in [0, 0.05) is 5.02 Å². The van der Waals surface area contributed by atoms with E-state index >= 15 is 0 Å². The number of benzene rings is 1. The summed E-state index contributed by atoms with van der Waals surface area (Å²) < 4.78 is 0. The number of hydrogen-bond donors (Lipinski definition) is 1. The minimum atomic E-state index is -0.917. The third-order valence-corrected chi connectivity index (χ3v) is 4.26. The van der Waals surface area contributed by atoms with E-state index in [1.54, 1.807) is 12.1 Å². The Kier molecular flexibility index (Phi) is 3.75. The summed E-state index contributed by atoms with van der Waals surface area (Å²) in [4.78, 5) is 12.2. The van der Waals surface area contributed by atoms with Crippen LogP contribution in [0.2, 0.25) is 10.0 Å². The fourth-order valence-electron chi connectivity index (χ4n) is 2.44. The lowest BCUT2D eigenvalue weighted by molar-refractivity contribution is -0.128. The van der Waals surface area contributed by atoms with Gasteiger partial charge in [0.15, 0.2) is 0 Å². The van der Waals surface area contributed by atoms with Crippen LogP contribution in [0, 0.1) is 29.6 Å². The number of nitrogens with one attached hydrogen (secondary N) is 1. The predicted molar refractivity (Wildman–Crippen MR) is 76.3 cm³/mol. The molecule has 1 fully saturated rings. The number of hydrogen-bond acceptors (Lipinski definition) is 2. The molecule has 19 heavy (non-hydrogen) atoms. The summed E-state index contributed by atoms with van der Waals surface area (Å²) in [5.74, 6) is 0.109. The molecule has 0 unspecified atom stereocenters. The molecule has 1 aromatic rings. The first kappa shape index (κ1) is 14.2. The highest BCUT2D eigenvalue weighted by molar-refractivity contribution is 6.36. The summed E-state index contributed by atoms with van der Waals surface area (Å²) in [5.41, 5.74) is 0.383. The second-order valence-electron chi connectivity index (χ2n) is 5.24. The van der Waals surface area contributed by atoms with Gasteiger partial charge in [0.1, 0.15) is 5.41 Å². The van der Waals surface area contributed by atoms with Crippen molar-refractivity contribution in [2.75, 3.05) is 5.32 Å². The fraction of sp³-hybridized carbons (Fsp3) is 0.429. The van der Waals surface area contributed by atoms with Gasteiger partial charge in [-0.15, -0.1) is 0 Å². The van der Waals surface area contributed by atoms with Crippen molar-refractivity contribution in [1.29, 1.82) is 5.26 Å². The number of carbonyl (C=O) groups is 1. The first-order valence-corrected chi connectivity index (χ1v) is 6.82. The standard InChI is InChI=1S/C14H14Cl2N2O/c1-8-5-14(6-8,7-17)13(19)18-12-4-10(15)9(2)3-11(12)16/h3-4,8H,5-6H2,1-2H3,(H,18,19). The molecule has 1 saturated carbocycles. The van der Waals surface area contributed by atoms with E-state index in [9.17, 15) is 10.1 Å². The monoisotopic (exact) mass is 296 g/mol. The van der Waals surface area contributed by atoms with Gasteiger partial charge >= 0.3 is 0 Å². The number of rotatable bonds is 2. The minimum absolute atomic E-state index is 0.296. The fourth-order valence-corrected chi connectivity index (χ4v) is 2.87. The predicted octanol–water partition coefficient (Wildman–Crippen LogP) is 4.18. The Morgan fingerprint density at radius 1 is 1.42 bits per heavy atom. The summed E-state index contributed by atoms with van der Waals surface area (Å²) in [6.07, 6.45) is 1.18. The van der Waals surface area contributed by atoms with E-state index in [-0.39, 0.29) is 5.91 Å². The van der Waals surface area contributed by atoms with Crippen LogP contribution >= 0.6 is 23.2 Å². The Hall–Kier alpha value is -1.24. The molecule has 0 spiro atoms. The summed E-state index contributed by atoms with van der Waals surface area (Å²) in [6.45, 7) is 3.86. The Morgan fingerprint density at radius 3 is 2.58 bits per heavy atom.